The van der Waals surface area contributed by atoms with Gasteiger partial charge >= 0.3 is 0 Å². The topological polar surface area (TPSA) is 38.3 Å². The highest BCUT2D eigenvalue weighted by Gasteiger charge is 2.21. The summed E-state index contributed by atoms with van der Waals surface area (Å²) in [5, 5.41) is 2.69. The highest BCUT2D eigenvalue weighted by molar-refractivity contribution is 6.27. The highest BCUT2D eigenvalue weighted by atomic mass is 35.5. The summed E-state index contributed by atoms with van der Waals surface area (Å²) in [7, 11) is 0. The Balaban J connectivity index is 2.06. The van der Waals surface area contributed by atoms with Gasteiger partial charge in [0, 0.05) is 6.54 Å². The van der Waals surface area contributed by atoms with E-state index in [4.69, 9.17) is 16.3 Å². The number of ether oxygens (including phenoxy) is 1. The average molecular weight is 234 g/mol. The van der Waals surface area contributed by atoms with Crippen LogP contribution in [0, 0.1) is 5.92 Å². The van der Waals surface area contributed by atoms with Gasteiger partial charge in [0.05, 0.1) is 12.7 Å². The van der Waals surface area contributed by atoms with Gasteiger partial charge in [-0.25, -0.2) is 0 Å². The summed E-state index contributed by atoms with van der Waals surface area (Å²) in [6.45, 7) is 3.40. The highest BCUT2D eigenvalue weighted by Crippen LogP contribution is 2.25. The fraction of sp³-hybridized carbons (Fsp3) is 0.909. The molecule has 0 bridgehead atoms. The first-order valence-electron chi connectivity index (χ1n) is 5.68. The Bertz CT molecular complexity index is 199. The summed E-state index contributed by atoms with van der Waals surface area (Å²) in [6.07, 6.45) is 5.39. The van der Waals surface area contributed by atoms with E-state index in [0.29, 0.717) is 25.2 Å². The standard InChI is InChI=1S/C11H20ClNO2/c1-9-4-2-3-5-10(9)15-7-6-13-11(14)8-12/h9-10H,2-8H2,1H3,(H,13,14)/t9-,10+/m0/s1. The summed E-state index contributed by atoms with van der Waals surface area (Å²) in [5.41, 5.74) is 0. The molecule has 1 amide bonds. The van der Waals surface area contributed by atoms with E-state index in [-0.39, 0.29) is 11.8 Å². The molecule has 3 nitrogen and oxygen atoms in total. The minimum atomic E-state index is -0.128. The van der Waals surface area contributed by atoms with Gasteiger partial charge < -0.3 is 10.1 Å². The summed E-state index contributed by atoms with van der Waals surface area (Å²) < 4.78 is 5.73. The van der Waals surface area contributed by atoms with E-state index in [2.05, 4.69) is 12.2 Å². The van der Waals surface area contributed by atoms with Gasteiger partial charge in [-0.1, -0.05) is 19.8 Å². The van der Waals surface area contributed by atoms with Gasteiger partial charge in [0.2, 0.25) is 5.91 Å². The molecule has 2 atom stereocenters. The van der Waals surface area contributed by atoms with Crippen LogP contribution in [0.4, 0.5) is 0 Å². The maximum atomic E-state index is 10.8. The molecule has 0 saturated heterocycles. The Kier molecular flexibility index (Phi) is 6.03. The molecule has 1 N–H and O–H groups in total. The van der Waals surface area contributed by atoms with E-state index in [1.54, 1.807) is 0 Å². The fourth-order valence-corrected chi connectivity index (χ4v) is 2.07. The van der Waals surface area contributed by atoms with Crippen molar-refractivity contribution in [1.29, 1.82) is 0 Å². The molecule has 1 fully saturated rings. The number of carbonyl (C=O) groups excluding carboxylic acids is 1. The van der Waals surface area contributed by atoms with Gasteiger partial charge in [0.25, 0.3) is 0 Å². The van der Waals surface area contributed by atoms with Gasteiger partial charge in [-0.05, 0) is 18.8 Å². The molecule has 1 aliphatic rings. The minimum Gasteiger partial charge on any atom is -0.376 e. The van der Waals surface area contributed by atoms with Crippen molar-refractivity contribution in [3.8, 4) is 0 Å². The first-order chi connectivity index (χ1) is 7.24. The van der Waals surface area contributed by atoms with Gasteiger partial charge in [-0.3, -0.25) is 4.79 Å². The maximum absolute atomic E-state index is 10.8. The number of nitrogens with one attached hydrogen (secondary N) is 1. The van der Waals surface area contributed by atoms with Crippen LogP contribution in [0.15, 0.2) is 0 Å². The van der Waals surface area contributed by atoms with Crippen LogP contribution in [-0.2, 0) is 9.53 Å². The maximum Gasteiger partial charge on any atom is 0.235 e. The fourth-order valence-electron chi connectivity index (χ4n) is 1.98. The number of alkyl halides is 1. The molecule has 1 rings (SSSR count). The molecule has 0 heterocycles. The molecule has 1 saturated carbocycles. The third-order valence-electron chi connectivity index (χ3n) is 2.91. The van der Waals surface area contributed by atoms with E-state index < -0.39 is 0 Å². The Labute approximate surface area is 96.5 Å². The lowest BCUT2D eigenvalue weighted by Gasteiger charge is -2.28. The number of halogens is 1. The zero-order chi connectivity index (χ0) is 11.1. The van der Waals surface area contributed by atoms with Crippen LogP contribution in [0.1, 0.15) is 32.6 Å². The summed E-state index contributed by atoms with van der Waals surface area (Å²) >= 11 is 5.35. The number of hydrogen-bond acceptors (Lipinski definition) is 2. The Morgan fingerprint density at radius 1 is 1.47 bits per heavy atom. The van der Waals surface area contributed by atoms with Crippen LogP contribution in [-0.4, -0.2) is 31.0 Å². The van der Waals surface area contributed by atoms with Crippen LogP contribution < -0.4 is 5.32 Å². The predicted molar refractivity (Wildman–Crippen MR) is 61.1 cm³/mol. The quantitative estimate of drug-likeness (QED) is 0.582. The van der Waals surface area contributed by atoms with E-state index >= 15 is 0 Å². The second kappa shape index (κ2) is 7.07. The van der Waals surface area contributed by atoms with E-state index in [1.165, 1.54) is 19.3 Å². The van der Waals surface area contributed by atoms with E-state index in [9.17, 15) is 4.79 Å². The SMILES string of the molecule is C[C@H]1CCCC[C@H]1OCCNC(=O)CCl. The summed E-state index contributed by atoms with van der Waals surface area (Å²) in [5.74, 6) is 0.555. The Hall–Kier alpha value is -0.280. The Morgan fingerprint density at radius 2 is 2.20 bits per heavy atom. The molecule has 0 spiro atoms. The second-order valence-corrected chi connectivity index (χ2v) is 4.42. The van der Waals surface area contributed by atoms with Crippen molar-refractivity contribution >= 4 is 17.5 Å². The zero-order valence-corrected chi connectivity index (χ0v) is 10.1. The molecule has 4 heteroatoms. The normalized spacial score (nSPS) is 26.3. The number of rotatable bonds is 5. The smallest absolute Gasteiger partial charge is 0.235 e. The van der Waals surface area contributed by atoms with Crippen molar-refractivity contribution in [2.75, 3.05) is 19.0 Å². The van der Waals surface area contributed by atoms with Crippen molar-refractivity contribution in [3.05, 3.63) is 0 Å². The van der Waals surface area contributed by atoms with Crippen LogP contribution in [0.2, 0.25) is 0 Å². The molecule has 0 radical (unpaired) electrons. The molecule has 1 aliphatic carbocycles. The van der Waals surface area contributed by atoms with Gasteiger partial charge in [-0.2, -0.15) is 0 Å². The molecule has 88 valence electrons. The van der Waals surface area contributed by atoms with Gasteiger partial charge in [-0.15, -0.1) is 11.6 Å². The molecular formula is C11H20ClNO2. The molecule has 0 unspecified atom stereocenters. The van der Waals surface area contributed by atoms with Crippen molar-refractivity contribution in [3.63, 3.8) is 0 Å². The summed E-state index contributed by atoms with van der Waals surface area (Å²) in [4.78, 5) is 10.8. The molecule has 0 aromatic carbocycles. The lowest BCUT2D eigenvalue weighted by molar-refractivity contribution is -0.119. The van der Waals surface area contributed by atoms with E-state index in [1.807, 2.05) is 0 Å². The summed E-state index contributed by atoms with van der Waals surface area (Å²) in [6, 6.07) is 0. The van der Waals surface area contributed by atoms with Gasteiger partial charge in [0.15, 0.2) is 0 Å². The third-order valence-corrected chi connectivity index (χ3v) is 3.15. The first kappa shape index (κ1) is 12.8. The van der Waals surface area contributed by atoms with Crippen molar-refractivity contribution in [2.45, 2.75) is 38.7 Å². The van der Waals surface area contributed by atoms with Crippen molar-refractivity contribution in [2.24, 2.45) is 5.92 Å². The molecule has 15 heavy (non-hydrogen) atoms. The lowest BCUT2D eigenvalue weighted by atomic mass is 9.88. The minimum absolute atomic E-state index is 0.0276. The predicted octanol–water partition coefficient (Wildman–Crippen LogP) is 1.94. The molecule has 0 aromatic heterocycles. The molecular weight excluding hydrogens is 214 g/mol. The van der Waals surface area contributed by atoms with Crippen LogP contribution in [0.25, 0.3) is 0 Å². The van der Waals surface area contributed by atoms with Crippen molar-refractivity contribution in [1.82, 2.24) is 5.32 Å². The molecule has 0 aliphatic heterocycles. The van der Waals surface area contributed by atoms with Crippen LogP contribution >= 0.6 is 11.6 Å². The number of hydrogen-bond donors (Lipinski definition) is 1. The molecule has 0 aromatic rings. The van der Waals surface area contributed by atoms with Gasteiger partial charge in [0.1, 0.15) is 5.88 Å². The van der Waals surface area contributed by atoms with E-state index in [0.717, 1.165) is 6.42 Å². The average Bonchev–Trinajstić information content (AvgIpc) is 2.26. The lowest BCUT2D eigenvalue weighted by Crippen LogP contribution is -2.32. The second-order valence-electron chi connectivity index (χ2n) is 4.15. The van der Waals surface area contributed by atoms with Crippen LogP contribution in [0.3, 0.4) is 0 Å². The largest absolute Gasteiger partial charge is 0.376 e. The van der Waals surface area contributed by atoms with Crippen LogP contribution in [0.5, 0.6) is 0 Å². The zero-order valence-electron chi connectivity index (χ0n) is 9.30. The van der Waals surface area contributed by atoms with Crippen molar-refractivity contribution < 1.29 is 9.53 Å². The Morgan fingerprint density at radius 3 is 2.87 bits per heavy atom. The third kappa shape index (κ3) is 4.85. The number of amides is 1. The first-order valence-corrected chi connectivity index (χ1v) is 6.21. The number of carbonyl (C=O) groups is 1. The monoisotopic (exact) mass is 233 g/mol.